The molecular formula is C18H22ClFN3O-. The zero-order valence-electron chi connectivity index (χ0n) is 14.1. The number of carbonyl (C=O) groups is 1. The summed E-state index contributed by atoms with van der Waals surface area (Å²) in [6.45, 7) is 8.06. The van der Waals surface area contributed by atoms with Gasteiger partial charge < -0.3 is 27.9 Å². The van der Waals surface area contributed by atoms with Crippen LogP contribution in [0.1, 0.15) is 19.4 Å². The van der Waals surface area contributed by atoms with Crippen LogP contribution in [0.15, 0.2) is 42.5 Å². The lowest BCUT2D eigenvalue weighted by Gasteiger charge is -2.22. The largest absolute Gasteiger partial charge is 1.00 e. The molecule has 0 fully saturated rings. The Morgan fingerprint density at radius 1 is 1.04 bits per heavy atom. The van der Waals surface area contributed by atoms with E-state index in [9.17, 15) is 9.18 Å². The molecule has 0 aliphatic carbocycles. The molecule has 0 spiro atoms. The van der Waals surface area contributed by atoms with E-state index in [1.165, 1.54) is 24.3 Å². The Morgan fingerprint density at radius 2 is 1.67 bits per heavy atom. The predicted octanol–water partition coefficient (Wildman–Crippen LogP) is 1.63. The smallest absolute Gasteiger partial charge is 0.323 e. The molecule has 0 heterocycles. The third-order valence-electron chi connectivity index (χ3n) is 3.69. The molecule has 6 heteroatoms. The Bertz CT molecular complexity index is 672. The summed E-state index contributed by atoms with van der Waals surface area (Å²) in [4.78, 5) is 14.3. The lowest BCUT2D eigenvalue weighted by atomic mass is 10.1. The highest BCUT2D eigenvalue weighted by atomic mass is 35.5. The Morgan fingerprint density at radius 3 is 2.21 bits per heavy atom. The molecule has 0 radical (unpaired) electrons. The van der Waals surface area contributed by atoms with Crippen molar-refractivity contribution in [2.75, 3.05) is 28.6 Å². The molecule has 130 valence electrons. The Kier molecular flexibility index (Phi) is 7.52. The molecule has 4 nitrogen and oxygen atoms in total. The van der Waals surface area contributed by atoms with Crippen LogP contribution in [0.2, 0.25) is 0 Å². The molecule has 0 aliphatic rings. The minimum Gasteiger partial charge on any atom is -1.00 e. The second-order valence-electron chi connectivity index (χ2n) is 5.26. The second-order valence-corrected chi connectivity index (χ2v) is 5.26. The van der Waals surface area contributed by atoms with Gasteiger partial charge in [-0.05, 0) is 68.8 Å². The van der Waals surface area contributed by atoms with Crippen LogP contribution in [0.25, 0.3) is 0 Å². The third-order valence-corrected chi connectivity index (χ3v) is 3.69. The molecule has 2 N–H and O–H groups in total. The number of nitrogens with one attached hydrogen (secondary N) is 2. The van der Waals surface area contributed by atoms with Crippen molar-refractivity contribution in [2.45, 2.75) is 20.8 Å². The van der Waals surface area contributed by atoms with Crippen molar-refractivity contribution >= 4 is 23.1 Å². The van der Waals surface area contributed by atoms with Gasteiger partial charge in [0, 0.05) is 30.2 Å². The lowest BCUT2D eigenvalue weighted by Crippen LogP contribution is -3.00. The fourth-order valence-electron chi connectivity index (χ4n) is 2.39. The average molecular weight is 351 g/mol. The monoisotopic (exact) mass is 350 g/mol. The van der Waals surface area contributed by atoms with Crippen LogP contribution in [-0.2, 0) is 0 Å². The molecule has 0 saturated heterocycles. The van der Waals surface area contributed by atoms with E-state index in [0.717, 1.165) is 30.0 Å². The van der Waals surface area contributed by atoms with Gasteiger partial charge >= 0.3 is 6.03 Å². The van der Waals surface area contributed by atoms with E-state index in [-0.39, 0.29) is 24.3 Å². The van der Waals surface area contributed by atoms with E-state index in [1.807, 2.05) is 19.1 Å². The van der Waals surface area contributed by atoms with Crippen LogP contribution in [-0.4, -0.2) is 19.1 Å². The highest BCUT2D eigenvalue weighted by Crippen LogP contribution is 2.23. The van der Waals surface area contributed by atoms with E-state index in [2.05, 4.69) is 35.4 Å². The van der Waals surface area contributed by atoms with Crippen LogP contribution in [0.5, 0.6) is 0 Å². The Balaban J connectivity index is 0.00000288. The maximum atomic E-state index is 12.9. The molecule has 0 unspecified atom stereocenters. The minimum atomic E-state index is -0.352. The zero-order valence-corrected chi connectivity index (χ0v) is 14.8. The number of anilines is 3. The number of hydrogen-bond donors (Lipinski definition) is 2. The maximum absolute atomic E-state index is 12.9. The Labute approximate surface area is 148 Å². The van der Waals surface area contributed by atoms with Gasteiger partial charge in [0.2, 0.25) is 0 Å². The average Bonchev–Trinajstić information content (AvgIpc) is 2.53. The number of nitrogens with zero attached hydrogens (tertiary/aromatic N) is 1. The molecule has 0 bridgehead atoms. The van der Waals surface area contributed by atoms with Gasteiger partial charge in [-0.15, -0.1) is 0 Å². The topological polar surface area (TPSA) is 44.4 Å². The van der Waals surface area contributed by atoms with E-state index in [1.54, 1.807) is 0 Å². The summed E-state index contributed by atoms with van der Waals surface area (Å²) in [6.07, 6.45) is 0. The molecule has 0 aliphatic heterocycles. The molecule has 0 atom stereocenters. The normalized spacial score (nSPS) is 9.83. The van der Waals surface area contributed by atoms with Crippen molar-refractivity contribution in [2.24, 2.45) is 0 Å². The van der Waals surface area contributed by atoms with Crippen molar-refractivity contribution in [3.63, 3.8) is 0 Å². The number of urea groups is 1. The molecular weight excluding hydrogens is 329 g/mol. The standard InChI is InChI=1S/C18H22FN3O.ClH/c1-4-22(5-2)16-10-11-17(13(3)12-16)21-18(23)20-15-8-6-14(19)7-9-15;/h6-12H,4-5H2,1-3H3,(H2,20,21,23);1H/p-1. The fraction of sp³-hybridized carbons (Fsp3) is 0.278. The van der Waals surface area contributed by atoms with Crippen LogP contribution in [0, 0.1) is 12.7 Å². The van der Waals surface area contributed by atoms with Crippen LogP contribution >= 0.6 is 0 Å². The maximum Gasteiger partial charge on any atom is 0.323 e. The van der Waals surface area contributed by atoms with E-state index >= 15 is 0 Å². The first kappa shape index (κ1) is 19.8. The lowest BCUT2D eigenvalue weighted by molar-refractivity contribution is -0.00000831. The summed E-state index contributed by atoms with van der Waals surface area (Å²) in [5, 5.41) is 5.49. The quantitative estimate of drug-likeness (QED) is 0.861. The van der Waals surface area contributed by atoms with Crippen LogP contribution in [0.3, 0.4) is 0 Å². The van der Waals surface area contributed by atoms with Crippen molar-refractivity contribution in [3.05, 3.63) is 53.8 Å². The molecule has 2 aromatic rings. The molecule has 2 rings (SSSR count). The fourth-order valence-corrected chi connectivity index (χ4v) is 2.39. The molecule has 0 saturated carbocycles. The van der Waals surface area contributed by atoms with Gasteiger partial charge in [-0.3, -0.25) is 0 Å². The Hall–Kier alpha value is -2.27. The third kappa shape index (κ3) is 5.13. The summed E-state index contributed by atoms with van der Waals surface area (Å²) in [6, 6.07) is 11.2. The van der Waals surface area contributed by atoms with Gasteiger partial charge in [0.1, 0.15) is 5.82 Å². The highest BCUT2D eigenvalue weighted by molar-refractivity contribution is 6.00. The highest BCUT2D eigenvalue weighted by Gasteiger charge is 2.08. The number of halogens is 2. The number of rotatable bonds is 5. The minimum absolute atomic E-state index is 0. The molecule has 0 aromatic heterocycles. The summed E-state index contributed by atoms with van der Waals surface area (Å²) >= 11 is 0. The number of carbonyl (C=O) groups excluding carboxylic acids is 1. The summed E-state index contributed by atoms with van der Waals surface area (Å²) < 4.78 is 12.9. The predicted molar refractivity (Wildman–Crippen MR) is 93.8 cm³/mol. The number of benzene rings is 2. The van der Waals surface area contributed by atoms with Crippen LogP contribution in [0.4, 0.5) is 26.2 Å². The second kappa shape index (κ2) is 9.13. The van der Waals surface area contributed by atoms with Crippen molar-refractivity contribution < 1.29 is 21.6 Å². The SMILES string of the molecule is CCN(CC)c1ccc(NC(=O)Nc2ccc(F)cc2)c(C)c1.[Cl-]. The molecule has 2 aromatic carbocycles. The number of hydrogen-bond acceptors (Lipinski definition) is 2. The summed E-state index contributed by atoms with van der Waals surface area (Å²) in [7, 11) is 0. The zero-order chi connectivity index (χ0) is 16.8. The van der Waals surface area contributed by atoms with Crippen LogP contribution < -0.4 is 27.9 Å². The number of amides is 2. The summed E-state index contributed by atoms with van der Waals surface area (Å²) in [5.74, 6) is -0.334. The first-order chi connectivity index (χ1) is 11.0. The van der Waals surface area contributed by atoms with Crippen molar-refractivity contribution in [1.29, 1.82) is 0 Å². The molecule has 24 heavy (non-hydrogen) atoms. The van der Waals surface area contributed by atoms with E-state index < -0.39 is 0 Å². The number of aryl methyl sites for hydroxylation is 1. The van der Waals surface area contributed by atoms with Gasteiger partial charge in [-0.25, -0.2) is 9.18 Å². The van der Waals surface area contributed by atoms with Gasteiger partial charge in [0.15, 0.2) is 0 Å². The van der Waals surface area contributed by atoms with E-state index in [0.29, 0.717) is 5.69 Å². The van der Waals surface area contributed by atoms with Gasteiger partial charge in [0.05, 0.1) is 0 Å². The first-order valence-electron chi connectivity index (χ1n) is 7.72. The van der Waals surface area contributed by atoms with E-state index in [4.69, 9.17) is 0 Å². The van der Waals surface area contributed by atoms with Crippen molar-refractivity contribution in [1.82, 2.24) is 0 Å². The summed E-state index contributed by atoms with van der Waals surface area (Å²) in [5.41, 5.74) is 3.42. The van der Waals surface area contributed by atoms with Gasteiger partial charge in [-0.2, -0.15) is 0 Å². The van der Waals surface area contributed by atoms with Crippen molar-refractivity contribution in [3.8, 4) is 0 Å². The molecule has 2 amide bonds. The van der Waals surface area contributed by atoms with Gasteiger partial charge in [0.25, 0.3) is 0 Å². The first-order valence-corrected chi connectivity index (χ1v) is 7.72. The van der Waals surface area contributed by atoms with Gasteiger partial charge in [-0.1, -0.05) is 0 Å².